The Bertz CT molecular complexity index is 829. The molecule has 0 unspecified atom stereocenters. The summed E-state index contributed by atoms with van der Waals surface area (Å²) >= 11 is 26.2. The maximum Gasteiger partial charge on any atom is 0.173 e. The predicted molar refractivity (Wildman–Crippen MR) is 87.6 cm³/mol. The van der Waals surface area contributed by atoms with E-state index in [0.29, 0.717) is 31.8 Å². The number of aromatic nitrogens is 2. The lowest BCUT2D eigenvalue weighted by atomic mass is 10.2. The van der Waals surface area contributed by atoms with Crippen molar-refractivity contribution >= 4 is 68.6 Å². The highest BCUT2D eigenvalue weighted by molar-refractivity contribution is 7.14. The lowest BCUT2D eigenvalue weighted by Gasteiger charge is -2.06. The summed E-state index contributed by atoms with van der Waals surface area (Å²) in [5.41, 5.74) is 1.50. The molecule has 0 amide bonds. The summed E-state index contributed by atoms with van der Waals surface area (Å²) in [5, 5.41) is 4.32. The molecule has 0 aliphatic heterocycles. The van der Waals surface area contributed by atoms with Crippen LogP contribution in [0.15, 0.2) is 17.5 Å². The quantitative estimate of drug-likeness (QED) is 0.475. The van der Waals surface area contributed by atoms with Crippen LogP contribution in [0.2, 0.25) is 20.2 Å². The van der Waals surface area contributed by atoms with Gasteiger partial charge in [-0.25, -0.2) is 9.97 Å². The van der Waals surface area contributed by atoms with Gasteiger partial charge in [-0.15, -0.1) is 11.3 Å². The third-order valence-electron chi connectivity index (χ3n) is 2.81. The molecule has 0 saturated heterocycles. The molecule has 0 saturated carbocycles. The van der Waals surface area contributed by atoms with Crippen LogP contribution >= 0.6 is 57.7 Å². The van der Waals surface area contributed by atoms with Crippen LogP contribution in [0.5, 0.6) is 0 Å². The van der Waals surface area contributed by atoms with E-state index >= 15 is 0 Å². The van der Waals surface area contributed by atoms with Crippen molar-refractivity contribution in [2.24, 2.45) is 0 Å². The van der Waals surface area contributed by atoms with Gasteiger partial charge in [0.2, 0.25) is 0 Å². The second kappa shape index (κ2) is 5.32. The molecule has 0 fully saturated rings. The molecule has 0 aliphatic carbocycles. The van der Waals surface area contributed by atoms with Crippen LogP contribution in [0.25, 0.3) is 21.6 Å². The molecular formula is C13H6Cl4N2S. The van der Waals surface area contributed by atoms with Gasteiger partial charge >= 0.3 is 0 Å². The molecule has 0 atom stereocenters. The molecule has 0 radical (unpaired) electrons. The van der Waals surface area contributed by atoms with E-state index in [9.17, 15) is 0 Å². The number of aryl methyl sites for hydroxylation is 1. The maximum absolute atomic E-state index is 6.25. The van der Waals surface area contributed by atoms with Crippen LogP contribution in [0.3, 0.4) is 0 Å². The molecule has 2 heterocycles. The number of hydrogen-bond donors (Lipinski definition) is 0. The van der Waals surface area contributed by atoms with Crippen molar-refractivity contribution in [3.8, 4) is 10.7 Å². The Balaban J connectivity index is 2.35. The summed E-state index contributed by atoms with van der Waals surface area (Å²) in [6, 6.07) is 3.35. The van der Waals surface area contributed by atoms with E-state index in [-0.39, 0.29) is 5.15 Å². The summed E-state index contributed by atoms with van der Waals surface area (Å²) in [6.45, 7) is 1.93. The maximum atomic E-state index is 6.25. The van der Waals surface area contributed by atoms with Gasteiger partial charge in [0.05, 0.1) is 30.8 Å². The standard InChI is InChI=1S/C13H6Cl4N2S/c1-5-4-20-11(9(5)16)13-18-10-7(15)3-2-6(14)8(10)12(17)19-13/h2-4H,1H3. The normalized spacial score (nSPS) is 11.2. The molecule has 0 spiro atoms. The first kappa shape index (κ1) is 14.4. The fourth-order valence-corrected chi connectivity index (χ4v) is 3.78. The molecule has 0 bridgehead atoms. The molecule has 1 aromatic carbocycles. The fraction of sp³-hybridized carbons (Fsp3) is 0.0769. The number of hydrogen-bond acceptors (Lipinski definition) is 3. The van der Waals surface area contributed by atoms with E-state index in [0.717, 1.165) is 10.4 Å². The Labute approximate surface area is 139 Å². The van der Waals surface area contributed by atoms with Crippen LogP contribution < -0.4 is 0 Å². The van der Waals surface area contributed by atoms with Crippen LogP contribution in [-0.2, 0) is 0 Å². The van der Waals surface area contributed by atoms with Crippen LogP contribution in [0.4, 0.5) is 0 Å². The Morgan fingerprint density at radius 3 is 2.35 bits per heavy atom. The van der Waals surface area contributed by atoms with E-state index in [1.54, 1.807) is 12.1 Å². The highest BCUT2D eigenvalue weighted by atomic mass is 35.5. The van der Waals surface area contributed by atoms with E-state index in [4.69, 9.17) is 46.4 Å². The third-order valence-corrected chi connectivity index (χ3v) is 5.39. The topological polar surface area (TPSA) is 25.8 Å². The van der Waals surface area contributed by atoms with Gasteiger partial charge in [0.1, 0.15) is 5.15 Å². The largest absolute Gasteiger partial charge is 0.225 e. The SMILES string of the molecule is Cc1csc(-c2nc(Cl)c3c(Cl)ccc(Cl)c3n2)c1Cl. The summed E-state index contributed by atoms with van der Waals surface area (Å²) in [4.78, 5) is 9.51. The molecule has 20 heavy (non-hydrogen) atoms. The van der Waals surface area contributed by atoms with E-state index < -0.39 is 0 Å². The van der Waals surface area contributed by atoms with Crippen LogP contribution in [0.1, 0.15) is 5.56 Å². The molecule has 0 aliphatic rings. The summed E-state index contributed by atoms with van der Waals surface area (Å²) in [7, 11) is 0. The number of nitrogens with zero attached hydrogens (tertiary/aromatic N) is 2. The molecule has 2 aromatic heterocycles. The van der Waals surface area contributed by atoms with E-state index in [1.165, 1.54) is 11.3 Å². The minimum atomic E-state index is 0.264. The Kier molecular flexibility index (Phi) is 3.82. The first-order valence-corrected chi connectivity index (χ1v) is 7.93. The van der Waals surface area contributed by atoms with Crippen molar-refractivity contribution in [2.45, 2.75) is 6.92 Å². The van der Waals surface area contributed by atoms with Crippen molar-refractivity contribution < 1.29 is 0 Å². The van der Waals surface area contributed by atoms with E-state index in [2.05, 4.69) is 9.97 Å². The molecule has 102 valence electrons. The highest BCUT2D eigenvalue weighted by Gasteiger charge is 2.17. The van der Waals surface area contributed by atoms with Gasteiger partial charge in [0.15, 0.2) is 5.82 Å². The van der Waals surface area contributed by atoms with Gasteiger partial charge in [0.25, 0.3) is 0 Å². The first-order valence-electron chi connectivity index (χ1n) is 5.54. The van der Waals surface area contributed by atoms with Gasteiger partial charge in [-0.05, 0) is 30.0 Å². The van der Waals surface area contributed by atoms with Crippen molar-refractivity contribution in [2.75, 3.05) is 0 Å². The minimum Gasteiger partial charge on any atom is -0.225 e. The average molecular weight is 364 g/mol. The number of fused-ring (bicyclic) bond motifs is 1. The van der Waals surface area contributed by atoms with Gasteiger partial charge in [0, 0.05) is 0 Å². The second-order valence-electron chi connectivity index (χ2n) is 4.15. The molecule has 3 aromatic rings. The van der Waals surface area contributed by atoms with E-state index in [1.807, 2.05) is 12.3 Å². The Hall–Kier alpha value is -0.580. The van der Waals surface area contributed by atoms with Crippen LogP contribution in [-0.4, -0.2) is 9.97 Å². The zero-order chi connectivity index (χ0) is 14.4. The second-order valence-corrected chi connectivity index (χ2v) is 6.58. The molecule has 2 nitrogen and oxygen atoms in total. The number of benzene rings is 1. The molecule has 3 rings (SSSR count). The molecular weight excluding hydrogens is 358 g/mol. The van der Waals surface area contributed by atoms with Crippen LogP contribution in [0, 0.1) is 6.92 Å². The monoisotopic (exact) mass is 362 g/mol. The summed E-state index contributed by atoms with van der Waals surface area (Å²) in [5.74, 6) is 0.453. The summed E-state index contributed by atoms with van der Waals surface area (Å²) in [6.07, 6.45) is 0. The lowest BCUT2D eigenvalue weighted by Crippen LogP contribution is -1.92. The van der Waals surface area contributed by atoms with Gasteiger partial charge < -0.3 is 0 Å². The van der Waals surface area contributed by atoms with Gasteiger partial charge in [-0.2, -0.15) is 0 Å². The fourth-order valence-electron chi connectivity index (χ4n) is 1.81. The summed E-state index contributed by atoms with van der Waals surface area (Å²) < 4.78 is 0. The van der Waals surface area contributed by atoms with Crippen molar-refractivity contribution in [1.82, 2.24) is 9.97 Å². The third kappa shape index (κ3) is 2.28. The van der Waals surface area contributed by atoms with Crippen molar-refractivity contribution in [3.05, 3.63) is 43.3 Å². The van der Waals surface area contributed by atoms with Gasteiger partial charge in [-0.3, -0.25) is 0 Å². The average Bonchev–Trinajstić information content (AvgIpc) is 2.74. The minimum absolute atomic E-state index is 0.264. The lowest BCUT2D eigenvalue weighted by molar-refractivity contribution is 1.24. The zero-order valence-electron chi connectivity index (χ0n) is 10.0. The number of rotatable bonds is 1. The first-order chi connectivity index (χ1) is 9.49. The molecule has 7 heteroatoms. The predicted octanol–water partition coefficient (Wildman–Crippen LogP) is 6.28. The number of halogens is 4. The van der Waals surface area contributed by atoms with Crippen molar-refractivity contribution in [1.29, 1.82) is 0 Å². The Morgan fingerprint density at radius 1 is 1.00 bits per heavy atom. The Morgan fingerprint density at radius 2 is 1.70 bits per heavy atom. The smallest absolute Gasteiger partial charge is 0.173 e. The number of thiophene rings is 1. The van der Waals surface area contributed by atoms with Gasteiger partial charge in [-0.1, -0.05) is 46.4 Å². The van der Waals surface area contributed by atoms with Crippen molar-refractivity contribution in [3.63, 3.8) is 0 Å². The zero-order valence-corrected chi connectivity index (χ0v) is 13.9. The molecule has 0 N–H and O–H groups in total. The highest BCUT2D eigenvalue weighted by Crippen LogP contribution is 2.38.